The molecule has 3 aromatic heterocycles. The average molecular weight is 497 g/mol. The topological polar surface area (TPSA) is 142 Å². The predicted molar refractivity (Wildman–Crippen MR) is 135 cm³/mol. The number of nitrogens with one attached hydrogen (secondary N) is 1. The highest BCUT2D eigenvalue weighted by atomic mass is 16.5. The zero-order valence-corrected chi connectivity index (χ0v) is 20.1. The first-order valence-electron chi connectivity index (χ1n) is 11.7. The third-order valence-electron chi connectivity index (χ3n) is 5.99. The summed E-state index contributed by atoms with van der Waals surface area (Å²) in [6.07, 6.45) is 7.39. The van der Waals surface area contributed by atoms with Crippen LogP contribution in [0, 0.1) is 11.3 Å². The van der Waals surface area contributed by atoms with Crippen LogP contribution in [0.1, 0.15) is 12.0 Å². The van der Waals surface area contributed by atoms with E-state index < -0.39 is 6.61 Å². The molecule has 186 valence electrons. The summed E-state index contributed by atoms with van der Waals surface area (Å²) in [7, 11) is 1.85. The molecule has 2 N–H and O–H groups in total. The Morgan fingerprint density at radius 1 is 1.19 bits per heavy atom. The number of hydrogen-bond acceptors (Lipinski definition) is 9. The lowest BCUT2D eigenvalue weighted by Gasteiger charge is -2.17. The predicted octanol–water partition coefficient (Wildman–Crippen LogP) is 2.53. The Bertz CT molecular complexity index is 1480. The third kappa shape index (κ3) is 5.39. The van der Waals surface area contributed by atoms with Crippen molar-refractivity contribution in [2.75, 3.05) is 25.0 Å². The molecule has 37 heavy (non-hydrogen) atoms. The van der Waals surface area contributed by atoms with Gasteiger partial charge in [-0.05, 0) is 36.4 Å². The van der Waals surface area contributed by atoms with E-state index in [9.17, 15) is 10.1 Å². The molecule has 4 heterocycles. The molecule has 1 atom stereocenters. The smallest absolute Gasteiger partial charge is 0.248 e. The second kappa shape index (κ2) is 10.4. The van der Waals surface area contributed by atoms with Gasteiger partial charge >= 0.3 is 0 Å². The minimum Gasteiger partial charge on any atom is -0.487 e. The first-order valence-corrected chi connectivity index (χ1v) is 11.7. The van der Waals surface area contributed by atoms with E-state index in [1.165, 1.54) is 0 Å². The van der Waals surface area contributed by atoms with Crippen molar-refractivity contribution in [1.82, 2.24) is 29.6 Å². The molecule has 11 heteroatoms. The second-order valence-corrected chi connectivity index (χ2v) is 8.57. The molecule has 4 aromatic rings. The maximum atomic E-state index is 11.7. The average Bonchev–Trinajstić information content (AvgIpc) is 3.58. The van der Waals surface area contributed by atoms with Crippen molar-refractivity contribution in [2.24, 2.45) is 7.05 Å². The van der Waals surface area contributed by atoms with Crippen LogP contribution < -0.4 is 10.1 Å². The highest BCUT2D eigenvalue weighted by Crippen LogP contribution is 2.28. The molecule has 1 aliphatic heterocycles. The number of aryl methyl sites for hydroxylation is 1. The number of nitriles is 1. The highest BCUT2D eigenvalue weighted by molar-refractivity contribution is 5.77. The van der Waals surface area contributed by atoms with Gasteiger partial charge in [0.25, 0.3) is 0 Å². The number of likely N-dealkylation sites (tertiary alicyclic amines) is 1. The molecule has 0 aliphatic carbocycles. The molecule has 0 radical (unpaired) electrons. The Labute approximate surface area is 213 Å². The number of amides is 1. The van der Waals surface area contributed by atoms with Crippen molar-refractivity contribution in [3.63, 3.8) is 0 Å². The summed E-state index contributed by atoms with van der Waals surface area (Å²) >= 11 is 0. The van der Waals surface area contributed by atoms with Crippen molar-refractivity contribution in [2.45, 2.75) is 12.5 Å². The number of benzene rings is 1. The van der Waals surface area contributed by atoms with Gasteiger partial charge < -0.3 is 20.1 Å². The monoisotopic (exact) mass is 496 g/mol. The minimum absolute atomic E-state index is 0.236. The second-order valence-electron chi connectivity index (χ2n) is 8.57. The lowest BCUT2D eigenvalue weighted by Crippen LogP contribution is -2.32. The molecule has 0 saturated carbocycles. The number of carbonyl (C=O) groups is 1. The van der Waals surface area contributed by atoms with Gasteiger partial charge in [-0.15, -0.1) is 0 Å². The molecular weight excluding hydrogens is 472 g/mol. The zero-order valence-electron chi connectivity index (χ0n) is 20.1. The van der Waals surface area contributed by atoms with Gasteiger partial charge in [-0.3, -0.25) is 14.5 Å². The van der Waals surface area contributed by atoms with Crippen LogP contribution in [0.3, 0.4) is 0 Å². The van der Waals surface area contributed by atoms with Crippen LogP contribution in [0.25, 0.3) is 22.5 Å². The van der Waals surface area contributed by atoms with Gasteiger partial charge in [0.05, 0.1) is 29.7 Å². The molecule has 1 amide bonds. The number of anilines is 2. The van der Waals surface area contributed by atoms with E-state index in [-0.39, 0.29) is 12.0 Å². The van der Waals surface area contributed by atoms with Crippen molar-refractivity contribution >= 4 is 17.5 Å². The van der Waals surface area contributed by atoms with E-state index in [0.29, 0.717) is 42.5 Å². The number of pyridine rings is 1. The molecule has 1 aromatic carbocycles. The summed E-state index contributed by atoms with van der Waals surface area (Å²) in [5.41, 5.74) is 4.20. The third-order valence-corrected chi connectivity index (χ3v) is 5.99. The maximum Gasteiger partial charge on any atom is 0.248 e. The molecule has 0 unspecified atom stereocenters. The van der Waals surface area contributed by atoms with Crippen molar-refractivity contribution in [3.8, 4) is 34.3 Å². The molecule has 1 fully saturated rings. The normalized spacial score (nSPS) is 14.8. The van der Waals surface area contributed by atoms with Gasteiger partial charge in [0.1, 0.15) is 24.5 Å². The SMILES string of the molecule is Cn1cc(-c2cc(Nc3nccc(-c4ccc(O[C@@H]5CCN(C(=O)CO)C5)c(C#N)c4)n3)ccn2)cn1. The number of hydrogen-bond donors (Lipinski definition) is 2. The van der Waals surface area contributed by atoms with E-state index in [1.807, 2.05) is 31.4 Å². The van der Waals surface area contributed by atoms with Crippen LogP contribution >= 0.6 is 0 Å². The van der Waals surface area contributed by atoms with E-state index in [1.54, 1.807) is 46.4 Å². The standard InChI is InChI=1S/C26H24N8O3/c1-33-14-19(13-30-33)23-11-20(4-7-28-23)31-26-29-8-5-22(32-26)17-2-3-24(18(10-17)12-27)37-21-6-9-34(15-21)25(36)16-35/h2-5,7-8,10-11,13-14,21,35H,6,9,15-16H2,1H3,(H,28,29,31,32)/t21-/m1/s1. The number of ether oxygens (including phenoxy) is 1. The maximum absolute atomic E-state index is 11.7. The Balaban J connectivity index is 1.32. The molecule has 1 saturated heterocycles. The fourth-order valence-corrected chi connectivity index (χ4v) is 4.14. The number of carbonyl (C=O) groups excluding carboxylic acids is 1. The van der Waals surface area contributed by atoms with E-state index in [0.717, 1.165) is 22.5 Å². The lowest BCUT2D eigenvalue weighted by molar-refractivity contribution is -0.133. The van der Waals surface area contributed by atoms with Crippen LogP contribution in [0.2, 0.25) is 0 Å². The molecule has 1 aliphatic rings. The van der Waals surface area contributed by atoms with Gasteiger partial charge in [-0.1, -0.05) is 0 Å². The summed E-state index contributed by atoms with van der Waals surface area (Å²) in [4.78, 5) is 26.6. The highest BCUT2D eigenvalue weighted by Gasteiger charge is 2.27. The van der Waals surface area contributed by atoms with Crippen LogP contribution in [0.4, 0.5) is 11.6 Å². The minimum atomic E-state index is -0.520. The summed E-state index contributed by atoms with van der Waals surface area (Å²) in [5, 5.41) is 26.2. The Hall–Kier alpha value is -4.82. The van der Waals surface area contributed by atoms with Crippen LogP contribution in [0.15, 0.2) is 61.2 Å². The first-order chi connectivity index (χ1) is 18.0. The van der Waals surface area contributed by atoms with E-state index in [4.69, 9.17) is 9.84 Å². The largest absolute Gasteiger partial charge is 0.487 e. The van der Waals surface area contributed by atoms with Gasteiger partial charge in [-0.2, -0.15) is 10.4 Å². The van der Waals surface area contributed by atoms with Gasteiger partial charge in [0.15, 0.2) is 0 Å². The molecule has 0 spiro atoms. The van der Waals surface area contributed by atoms with E-state index >= 15 is 0 Å². The Morgan fingerprint density at radius 2 is 2.05 bits per heavy atom. The number of aliphatic hydroxyl groups excluding tert-OH is 1. The van der Waals surface area contributed by atoms with Crippen LogP contribution in [-0.2, 0) is 11.8 Å². The van der Waals surface area contributed by atoms with Crippen molar-refractivity contribution in [1.29, 1.82) is 5.26 Å². The fraction of sp³-hybridized carbons (Fsp3) is 0.231. The molecular formula is C26H24N8O3. The first kappa shape index (κ1) is 23.9. The summed E-state index contributed by atoms with van der Waals surface area (Å²) in [6.45, 7) is 0.375. The summed E-state index contributed by atoms with van der Waals surface area (Å²) < 4.78 is 7.73. The van der Waals surface area contributed by atoms with E-state index in [2.05, 4.69) is 31.4 Å². The summed E-state index contributed by atoms with van der Waals surface area (Å²) in [5.74, 6) is 0.524. The molecule has 5 rings (SSSR count). The number of aliphatic hydroxyl groups is 1. The zero-order chi connectivity index (χ0) is 25.8. The summed E-state index contributed by atoms with van der Waals surface area (Å²) in [6, 6.07) is 13.0. The number of nitrogens with zero attached hydrogens (tertiary/aromatic N) is 7. The number of aromatic nitrogens is 5. The van der Waals surface area contributed by atoms with Crippen molar-refractivity contribution < 1.29 is 14.6 Å². The lowest BCUT2D eigenvalue weighted by atomic mass is 10.1. The van der Waals surface area contributed by atoms with Crippen LogP contribution in [0.5, 0.6) is 5.75 Å². The number of rotatable bonds is 7. The van der Waals surface area contributed by atoms with Gasteiger partial charge in [0, 0.05) is 55.4 Å². The Morgan fingerprint density at radius 3 is 2.84 bits per heavy atom. The molecule has 0 bridgehead atoms. The van der Waals surface area contributed by atoms with Gasteiger partial charge in [-0.25, -0.2) is 9.97 Å². The molecule has 11 nitrogen and oxygen atoms in total. The quantitative estimate of drug-likeness (QED) is 0.395. The fourth-order valence-electron chi connectivity index (χ4n) is 4.14. The van der Waals surface area contributed by atoms with Gasteiger partial charge in [0.2, 0.25) is 11.9 Å². The van der Waals surface area contributed by atoms with Crippen LogP contribution in [-0.4, -0.2) is 66.4 Å². The Kier molecular flexibility index (Phi) is 6.74. The van der Waals surface area contributed by atoms with Crippen molar-refractivity contribution in [3.05, 3.63) is 66.7 Å².